The minimum absolute atomic E-state index is 0.221. The highest BCUT2D eigenvalue weighted by atomic mass is 16.5. The van der Waals surface area contributed by atoms with Crippen molar-refractivity contribution in [3.63, 3.8) is 0 Å². The van der Waals surface area contributed by atoms with Gasteiger partial charge in [-0.15, -0.1) is 0 Å². The van der Waals surface area contributed by atoms with E-state index >= 15 is 0 Å². The summed E-state index contributed by atoms with van der Waals surface area (Å²) in [7, 11) is 1.78. The summed E-state index contributed by atoms with van der Waals surface area (Å²) in [6.07, 6.45) is 4.06. The van der Waals surface area contributed by atoms with Gasteiger partial charge in [-0.2, -0.15) is 0 Å². The first-order valence-electron chi connectivity index (χ1n) is 6.47. The van der Waals surface area contributed by atoms with E-state index in [2.05, 4.69) is 20.6 Å². The van der Waals surface area contributed by atoms with E-state index in [-0.39, 0.29) is 5.41 Å². The summed E-state index contributed by atoms with van der Waals surface area (Å²) in [5.41, 5.74) is 0.221. The molecule has 1 aromatic rings. The van der Waals surface area contributed by atoms with Crippen LogP contribution >= 0.6 is 0 Å². The molecule has 0 amide bonds. The van der Waals surface area contributed by atoms with Crippen LogP contribution in [-0.2, 0) is 4.74 Å². The maximum Gasteiger partial charge on any atom is 0.129 e. The summed E-state index contributed by atoms with van der Waals surface area (Å²) >= 11 is 0. The molecule has 2 N–H and O–H groups in total. The molecule has 1 fully saturated rings. The van der Waals surface area contributed by atoms with Crippen molar-refractivity contribution in [2.24, 2.45) is 5.41 Å². The zero-order chi connectivity index (χ0) is 12.8. The molecule has 18 heavy (non-hydrogen) atoms. The second kappa shape index (κ2) is 6.11. The minimum atomic E-state index is 0.221. The maximum absolute atomic E-state index is 5.40. The quantitative estimate of drug-likeness (QED) is 0.822. The molecular formula is C13H22N4O. The van der Waals surface area contributed by atoms with E-state index in [1.807, 2.05) is 13.0 Å². The lowest BCUT2D eigenvalue weighted by atomic mass is 9.79. The standard InChI is InChI=1S/C13H22N4O/c1-11-15-6-3-12(17-11)16-9-13(10-18-2)4-7-14-8-5-13/h3,6,14H,4-5,7-10H2,1-2H3,(H,15,16,17). The molecule has 0 radical (unpaired) electrons. The largest absolute Gasteiger partial charge is 0.384 e. The summed E-state index contributed by atoms with van der Waals surface area (Å²) in [4.78, 5) is 8.47. The molecular weight excluding hydrogens is 228 g/mol. The number of anilines is 1. The first-order valence-corrected chi connectivity index (χ1v) is 6.47. The van der Waals surface area contributed by atoms with Crippen molar-refractivity contribution in [1.29, 1.82) is 0 Å². The summed E-state index contributed by atoms with van der Waals surface area (Å²) in [6.45, 7) is 5.73. The molecule has 1 saturated heterocycles. The molecule has 0 aromatic carbocycles. The first-order chi connectivity index (χ1) is 8.74. The van der Waals surface area contributed by atoms with Gasteiger partial charge in [-0.3, -0.25) is 0 Å². The third-order valence-corrected chi connectivity index (χ3v) is 3.54. The number of nitrogens with one attached hydrogen (secondary N) is 2. The number of piperidine rings is 1. The molecule has 2 rings (SSSR count). The Morgan fingerprint density at radius 1 is 1.44 bits per heavy atom. The summed E-state index contributed by atoms with van der Waals surface area (Å²) in [6, 6.07) is 1.91. The second-order valence-electron chi connectivity index (χ2n) is 5.03. The maximum atomic E-state index is 5.40. The van der Waals surface area contributed by atoms with E-state index in [4.69, 9.17) is 4.74 Å². The molecule has 0 bridgehead atoms. The number of ether oxygens (including phenoxy) is 1. The van der Waals surface area contributed by atoms with Gasteiger partial charge in [0, 0.05) is 25.3 Å². The third-order valence-electron chi connectivity index (χ3n) is 3.54. The van der Waals surface area contributed by atoms with Crippen LogP contribution in [0, 0.1) is 12.3 Å². The van der Waals surface area contributed by atoms with E-state index in [0.717, 1.165) is 50.7 Å². The average molecular weight is 250 g/mol. The number of rotatable bonds is 5. The van der Waals surface area contributed by atoms with E-state index in [0.29, 0.717) is 0 Å². The first kappa shape index (κ1) is 13.2. The van der Waals surface area contributed by atoms with Crippen LogP contribution in [0.15, 0.2) is 12.3 Å². The summed E-state index contributed by atoms with van der Waals surface area (Å²) in [5.74, 6) is 1.70. The highest BCUT2D eigenvalue weighted by molar-refractivity contribution is 5.33. The molecule has 5 nitrogen and oxygen atoms in total. The molecule has 0 spiro atoms. The van der Waals surface area contributed by atoms with Gasteiger partial charge < -0.3 is 15.4 Å². The van der Waals surface area contributed by atoms with Crippen molar-refractivity contribution >= 4 is 5.82 Å². The molecule has 1 aromatic heterocycles. The fraction of sp³-hybridized carbons (Fsp3) is 0.692. The summed E-state index contributed by atoms with van der Waals surface area (Å²) in [5, 5.41) is 6.82. The van der Waals surface area contributed by atoms with Gasteiger partial charge in [0.1, 0.15) is 11.6 Å². The fourth-order valence-electron chi connectivity index (χ4n) is 2.47. The molecule has 1 aliphatic heterocycles. The number of nitrogens with zero attached hydrogens (tertiary/aromatic N) is 2. The van der Waals surface area contributed by atoms with E-state index < -0.39 is 0 Å². The van der Waals surface area contributed by atoms with Gasteiger partial charge in [0.15, 0.2) is 0 Å². The Kier molecular flexibility index (Phi) is 4.49. The van der Waals surface area contributed by atoms with Crippen LogP contribution in [0.3, 0.4) is 0 Å². The predicted octanol–water partition coefficient (Wildman–Crippen LogP) is 1.21. The van der Waals surface area contributed by atoms with Crippen LogP contribution < -0.4 is 10.6 Å². The molecule has 0 unspecified atom stereocenters. The predicted molar refractivity (Wildman–Crippen MR) is 71.7 cm³/mol. The van der Waals surface area contributed by atoms with Gasteiger partial charge in [-0.05, 0) is 38.9 Å². The van der Waals surface area contributed by atoms with Crippen molar-refractivity contribution in [2.45, 2.75) is 19.8 Å². The second-order valence-corrected chi connectivity index (χ2v) is 5.03. The van der Waals surface area contributed by atoms with E-state index in [9.17, 15) is 0 Å². The minimum Gasteiger partial charge on any atom is -0.384 e. The van der Waals surface area contributed by atoms with Gasteiger partial charge in [0.05, 0.1) is 6.61 Å². The van der Waals surface area contributed by atoms with Crippen LogP contribution in [0.4, 0.5) is 5.82 Å². The molecule has 5 heteroatoms. The number of hydrogen-bond acceptors (Lipinski definition) is 5. The Morgan fingerprint density at radius 3 is 2.89 bits per heavy atom. The Bertz CT molecular complexity index is 371. The topological polar surface area (TPSA) is 59.1 Å². The van der Waals surface area contributed by atoms with Gasteiger partial charge >= 0.3 is 0 Å². The monoisotopic (exact) mass is 250 g/mol. The Morgan fingerprint density at radius 2 is 2.22 bits per heavy atom. The molecule has 100 valence electrons. The normalized spacial score (nSPS) is 18.6. The molecule has 0 atom stereocenters. The van der Waals surface area contributed by atoms with Crippen molar-refractivity contribution in [1.82, 2.24) is 15.3 Å². The SMILES string of the molecule is COCC1(CNc2ccnc(C)n2)CCNCC1. The Hall–Kier alpha value is -1.20. The fourth-order valence-corrected chi connectivity index (χ4v) is 2.47. The van der Waals surface area contributed by atoms with Crippen LogP contribution in [0.25, 0.3) is 0 Å². The van der Waals surface area contributed by atoms with Crippen LogP contribution in [0.5, 0.6) is 0 Å². The van der Waals surface area contributed by atoms with Gasteiger partial charge in [0.25, 0.3) is 0 Å². The van der Waals surface area contributed by atoms with Crippen LogP contribution in [0.1, 0.15) is 18.7 Å². The molecule has 1 aliphatic rings. The Labute approximate surface area is 108 Å². The zero-order valence-corrected chi connectivity index (χ0v) is 11.2. The van der Waals surface area contributed by atoms with Gasteiger partial charge in [-0.25, -0.2) is 9.97 Å². The third kappa shape index (κ3) is 3.40. The number of aromatic nitrogens is 2. The smallest absolute Gasteiger partial charge is 0.129 e. The van der Waals surface area contributed by atoms with Crippen LogP contribution in [0.2, 0.25) is 0 Å². The highest BCUT2D eigenvalue weighted by Gasteiger charge is 2.31. The van der Waals surface area contributed by atoms with Crippen molar-refractivity contribution in [2.75, 3.05) is 38.7 Å². The zero-order valence-electron chi connectivity index (χ0n) is 11.2. The van der Waals surface area contributed by atoms with Gasteiger partial charge in [0.2, 0.25) is 0 Å². The number of hydrogen-bond donors (Lipinski definition) is 2. The Balaban J connectivity index is 1.96. The van der Waals surface area contributed by atoms with E-state index in [1.54, 1.807) is 13.3 Å². The lowest BCUT2D eigenvalue weighted by molar-refractivity contribution is 0.0635. The average Bonchev–Trinajstić information content (AvgIpc) is 2.38. The lowest BCUT2D eigenvalue weighted by Crippen LogP contribution is -2.44. The highest BCUT2D eigenvalue weighted by Crippen LogP contribution is 2.29. The van der Waals surface area contributed by atoms with Crippen molar-refractivity contribution < 1.29 is 4.74 Å². The van der Waals surface area contributed by atoms with Crippen molar-refractivity contribution in [3.05, 3.63) is 18.1 Å². The van der Waals surface area contributed by atoms with Gasteiger partial charge in [-0.1, -0.05) is 0 Å². The van der Waals surface area contributed by atoms with E-state index in [1.165, 1.54) is 0 Å². The summed E-state index contributed by atoms with van der Waals surface area (Å²) < 4.78 is 5.40. The number of methoxy groups -OCH3 is 1. The van der Waals surface area contributed by atoms with Crippen molar-refractivity contribution in [3.8, 4) is 0 Å². The molecule has 0 saturated carbocycles. The van der Waals surface area contributed by atoms with Crippen LogP contribution in [-0.4, -0.2) is 43.3 Å². The molecule has 2 heterocycles. The molecule has 0 aliphatic carbocycles. The number of aryl methyl sites for hydroxylation is 1. The lowest BCUT2D eigenvalue weighted by Gasteiger charge is -2.37.